The second-order valence-corrected chi connectivity index (χ2v) is 5.65. The molecule has 0 saturated carbocycles. The minimum atomic E-state index is 0. The molecule has 2 N–H and O–H groups in total. The normalized spacial score (nSPS) is 10.7. The fourth-order valence-electron chi connectivity index (χ4n) is 1.70. The summed E-state index contributed by atoms with van der Waals surface area (Å²) in [6, 6.07) is 11.6. The molecule has 0 saturated heterocycles. The molecule has 0 atom stereocenters. The Morgan fingerprint density at radius 1 is 1.23 bits per heavy atom. The third-order valence-corrected chi connectivity index (χ3v) is 3.91. The van der Waals surface area contributed by atoms with Gasteiger partial charge in [0.25, 0.3) is 0 Å². The Hall–Kier alpha value is -0.990. The van der Waals surface area contributed by atoms with Gasteiger partial charge in [-0.1, -0.05) is 29.8 Å². The molecular weight excluding hydrogens is 433 g/mol. The average Bonchev–Trinajstić information content (AvgIpc) is 3.01. The van der Waals surface area contributed by atoms with Crippen LogP contribution in [0.1, 0.15) is 4.88 Å². The summed E-state index contributed by atoms with van der Waals surface area (Å²) in [6.45, 7) is 1.93. The van der Waals surface area contributed by atoms with Crippen LogP contribution in [0.25, 0.3) is 0 Å². The first-order valence-electron chi connectivity index (χ1n) is 6.64. The summed E-state index contributed by atoms with van der Waals surface area (Å²) in [5.41, 5.74) is 0. The van der Waals surface area contributed by atoms with Crippen molar-refractivity contribution in [2.75, 3.05) is 20.2 Å². The number of nitrogens with zero attached hydrogens (tertiary/aromatic N) is 1. The van der Waals surface area contributed by atoms with Gasteiger partial charge in [0, 0.05) is 11.9 Å². The highest BCUT2D eigenvalue weighted by Crippen LogP contribution is 2.22. The molecule has 0 aliphatic rings. The molecule has 0 radical (unpaired) electrons. The fourth-order valence-corrected chi connectivity index (χ4v) is 2.53. The summed E-state index contributed by atoms with van der Waals surface area (Å²) in [4.78, 5) is 5.44. The molecule has 4 nitrogen and oxygen atoms in total. The number of aliphatic imine (C=N–C) groups is 1. The molecular formula is C15H19ClIN3OS. The SMILES string of the molecule is CN=C(NCCOc1ccccc1Cl)NCc1cccs1.I. The van der Waals surface area contributed by atoms with E-state index in [0.29, 0.717) is 23.9 Å². The van der Waals surface area contributed by atoms with E-state index in [1.54, 1.807) is 18.4 Å². The van der Waals surface area contributed by atoms with E-state index in [2.05, 4.69) is 27.1 Å². The molecule has 2 aromatic rings. The number of ether oxygens (including phenoxy) is 1. The quantitative estimate of drug-likeness (QED) is 0.304. The predicted octanol–water partition coefficient (Wildman–Crippen LogP) is 3.76. The lowest BCUT2D eigenvalue weighted by Crippen LogP contribution is -2.38. The van der Waals surface area contributed by atoms with E-state index in [0.717, 1.165) is 12.5 Å². The van der Waals surface area contributed by atoms with Gasteiger partial charge in [0.1, 0.15) is 12.4 Å². The van der Waals surface area contributed by atoms with E-state index >= 15 is 0 Å². The minimum absolute atomic E-state index is 0. The van der Waals surface area contributed by atoms with Gasteiger partial charge >= 0.3 is 0 Å². The molecule has 0 bridgehead atoms. The smallest absolute Gasteiger partial charge is 0.191 e. The lowest BCUT2D eigenvalue weighted by Gasteiger charge is -2.12. The Balaban J connectivity index is 0.00000242. The van der Waals surface area contributed by atoms with Crippen LogP contribution in [0.3, 0.4) is 0 Å². The molecule has 0 unspecified atom stereocenters. The van der Waals surface area contributed by atoms with Crippen LogP contribution >= 0.6 is 46.9 Å². The van der Waals surface area contributed by atoms with Crippen molar-refractivity contribution in [1.82, 2.24) is 10.6 Å². The number of benzene rings is 1. The fraction of sp³-hybridized carbons (Fsp3) is 0.267. The summed E-state index contributed by atoms with van der Waals surface area (Å²) in [5.74, 6) is 1.45. The third-order valence-electron chi connectivity index (χ3n) is 2.72. The van der Waals surface area contributed by atoms with Crippen molar-refractivity contribution in [3.8, 4) is 5.75 Å². The van der Waals surface area contributed by atoms with E-state index < -0.39 is 0 Å². The van der Waals surface area contributed by atoms with E-state index in [9.17, 15) is 0 Å². The molecule has 7 heteroatoms. The second kappa shape index (κ2) is 10.7. The molecule has 0 amide bonds. The number of hydrogen-bond donors (Lipinski definition) is 2. The van der Waals surface area contributed by atoms with Crippen LogP contribution in [0.4, 0.5) is 0 Å². The van der Waals surface area contributed by atoms with Crippen molar-refractivity contribution in [3.63, 3.8) is 0 Å². The van der Waals surface area contributed by atoms with E-state index in [1.165, 1.54) is 4.88 Å². The van der Waals surface area contributed by atoms with E-state index in [1.807, 2.05) is 30.3 Å². The van der Waals surface area contributed by atoms with E-state index in [4.69, 9.17) is 16.3 Å². The van der Waals surface area contributed by atoms with Crippen molar-refractivity contribution in [1.29, 1.82) is 0 Å². The second-order valence-electron chi connectivity index (χ2n) is 4.21. The van der Waals surface area contributed by atoms with Gasteiger partial charge < -0.3 is 15.4 Å². The molecule has 0 aliphatic heterocycles. The highest BCUT2D eigenvalue weighted by molar-refractivity contribution is 14.0. The van der Waals surface area contributed by atoms with Crippen molar-refractivity contribution in [2.45, 2.75) is 6.54 Å². The molecule has 1 aromatic carbocycles. The maximum absolute atomic E-state index is 6.02. The highest BCUT2D eigenvalue weighted by Gasteiger charge is 2.01. The number of guanidine groups is 1. The number of nitrogens with one attached hydrogen (secondary N) is 2. The maximum Gasteiger partial charge on any atom is 0.191 e. The molecule has 0 aliphatic carbocycles. The van der Waals surface area contributed by atoms with Gasteiger partial charge in [0.15, 0.2) is 5.96 Å². The van der Waals surface area contributed by atoms with Crippen LogP contribution in [-0.2, 0) is 6.54 Å². The van der Waals surface area contributed by atoms with Crippen LogP contribution in [0.15, 0.2) is 46.8 Å². The number of rotatable bonds is 6. The molecule has 1 heterocycles. The topological polar surface area (TPSA) is 45.7 Å². The molecule has 0 fully saturated rings. The summed E-state index contributed by atoms with van der Waals surface area (Å²) in [7, 11) is 1.75. The number of hydrogen-bond acceptors (Lipinski definition) is 3. The summed E-state index contributed by atoms with van der Waals surface area (Å²) in [6.07, 6.45) is 0. The average molecular weight is 452 g/mol. The highest BCUT2D eigenvalue weighted by atomic mass is 127. The standard InChI is InChI=1S/C15H18ClN3OS.HI/c1-17-15(19-11-12-5-4-10-21-12)18-8-9-20-14-7-3-2-6-13(14)16;/h2-7,10H,8-9,11H2,1H3,(H2,17,18,19);1H. The summed E-state index contributed by atoms with van der Waals surface area (Å²) >= 11 is 7.74. The van der Waals surface area contributed by atoms with Crippen LogP contribution in [0, 0.1) is 0 Å². The van der Waals surface area contributed by atoms with Gasteiger partial charge in [-0.15, -0.1) is 35.3 Å². The van der Waals surface area contributed by atoms with Gasteiger partial charge in [-0.05, 0) is 23.6 Å². The Bertz CT molecular complexity index is 578. The molecule has 0 spiro atoms. The first kappa shape index (κ1) is 19.1. The number of para-hydroxylation sites is 1. The predicted molar refractivity (Wildman–Crippen MR) is 105 cm³/mol. The van der Waals surface area contributed by atoms with Crippen molar-refractivity contribution < 1.29 is 4.74 Å². The third kappa shape index (κ3) is 6.41. The summed E-state index contributed by atoms with van der Waals surface area (Å²) in [5, 5.41) is 9.13. The zero-order valence-electron chi connectivity index (χ0n) is 12.2. The Kier molecular flexibility index (Phi) is 9.26. The van der Waals surface area contributed by atoms with Gasteiger partial charge in [-0.3, -0.25) is 4.99 Å². The molecule has 1 aromatic heterocycles. The van der Waals surface area contributed by atoms with Gasteiger partial charge in [0.2, 0.25) is 0 Å². The van der Waals surface area contributed by atoms with Crippen LogP contribution in [0.2, 0.25) is 5.02 Å². The zero-order chi connectivity index (χ0) is 14.9. The van der Waals surface area contributed by atoms with Crippen molar-refractivity contribution >= 4 is 52.9 Å². The summed E-state index contributed by atoms with van der Waals surface area (Å²) < 4.78 is 5.61. The number of thiophene rings is 1. The van der Waals surface area contributed by atoms with Gasteiger partial charge in [-0.2, -0.15) is 0 Å². The lowest BCUT2D eigenvalue weighted by molar-refractivity contribution is 0.322. The largest absolute Gasteiger partial charge is 0.490 e. The molecule has 22 heavy (non-hydrogen) atoms. The maximum atomic E-state index is 6.02. The molecule has 120 valence electrons. The Labute approximate surface area is 157 Å². The number of halogens is 2. The van der Waals surface area contributed by atoms with Gasteiger partial charge in [-0.25, -0.2) is 0 Å². The minimum Gasteiger partial charge on any atom is -0.490 e. The first-order chi connectivity index (χ1) is 10.3. The first-order valence-corrected chi connectivity index (χ1v) is 7.89. The van der Waals surface area contributed by atoms with E-state index in [-0.39, 0.29) is 24.0 Å². The van der Waals surface area contributed by atoms with Crippen LogP contribution < -0.4 is 15.4 Å². The zero-order valence-corrected chi connectivity index (χ0v) is 16.1. The lowest BCUT2D eigenvalue weighted by atomic mass is 10.3. The van der Waals surface area contributed by atoms with Crippen LogP contribution in [0.5, 0.6) is 5.75 Å². The monoisotopic (exact) mass is 451 g/mol. The van der Waals surface area contributed by atoms with Crippen LogP contribution in [-0.4, -0.2) is 26.2 Å². The Morgan fingerprint density at radius 2 is 2.05 bits per heavy atom. The van der Waals surface area contributed by atoms with Gasteiger partial charge in [0.05, 0.1) is 18.1 Å². The van der Waals surface area contributed by atoms with Crippen molar-refractivity contribution in [3.05, 3.63) is 51.7 Å². The molecule has 2 rings (SSSR count). The van der Waals surface area contributed by atoms with Crippen molar-refractivity contribution in [2.24, 2.45) is 4.99 Å². The Morgan fingerprint density at radius 3 is 2.73 bits per heavy atom.